The number of likely N-dealkylation sites (N-methyl/N-ethyl adjacent to an activating group) is 1. The summed E-state index contributed by atoms with van der Waals surface area (Å²) in [5.74, 6) is 0.0340. The van der Waals surface area contributed by atoms with E-state index in [1.807, 2.05) is 53.7 Å². The second kappa shape index (κ2) is 7.59. The molecule has 0 saturated heterocycles. The first kappa shape index (κ1) is 16.0. The van der Waals surface area contributed by atoms with Crippen LogP contribution in [0.3, 0.4) is 0 Å². The summed E-state index contributed by atoms with van der Waals surface area (Å²) in [7, 11) is 1.95. The van der Waals surface area contributed by atoms with E-state index in [2.05, 4.69) is 12.2 Å². The van der Waals surface area contributed by atoms with E-state index < -0.39 is 0 Å². The van der Waals surface area contributed by atoms with Crippen molar-refractivity contribution in [2.75, 3.05) is 13.6 Å². The number of benzene rings is 1. The average Bonchev–Trinajstić information content (AvgIpc) is 2.98. The number of hydrogen-bond donors (Lipinski definition) is 1. The SMILES string of the molecule is CC(c1ccc(Cl)cc1)N(C)CC(=O)NCc1cccs1. The molecule has 112 valence electrons. The monoisotopic (exact) mass is 322 g/mol. The van der Waals surface area contributed by atoms with E-state index in [9.17, 15) is 4.79 Å². The molecule has 0 aliphatic carbocycles. The van der Waals surface area contributed by atoms with Gasteiger partial charge in [0.25, 0.3) is 0 Å². The molecule has 0 radical (unpaired) electrons. The smallest absolute Gasteiger partial charge is 0.234 e. The number of nitrogens with zero attached hydrogens (tertiary/aromatic N) is 1. The van der Waals surface area contributed by atoms with Gasteiger partial charge in [0.1, 0.15) is 0 Å². The van der Waals surface area contributed by atoms with Gasteiger partial charge in [-0.3, -0.25) is 9.69 Å². The Balaban J connectivity index is 1.83. The van der Waals surface area contributed by atoms with Crippen LogP contribution >= 0.6 is 22.9 Å². The van der Waals surface area contributed by atoms with Crippen LogP contribution in [0, 0.1) is 0 Å². The summed E-state index contributed by atoms with van der Waals surface area (Å²) < 4.78 is 0. The molecule has 1 aromatic heterocycles. The second-order valence-electron chi connectivity index (χ2n) is 5.00. The fourth-order valence-corrected chi connectivity index (χ4v) is 2.78. The molecule has 1 amide bonds. The van der Waals surface area contributed by atoms with Crippen molar-refractivity contribution in [1.82, 2.24) is 10.2 Å². The first-order valence-corrected chi connectivity index (χ1v) is 8.07. The lowest BCUT2D eigenvalue weighted by molar-refractivity contribution is -0.122. The predicted octanol–water partition coefficient (Wildman–Crippen LogP) is 3.71. The number of carbonyl (C=O) groups is 1. The molecule has 0 fully saturated rings. The van der Waals surface area contributed by atoms with Gasteiger partial charge in [0.15, 0.2) is 0 Å². The van der Waals surface area contributed by atoms with Gasteiger partial charge in [0, 0.05) is 15.9 Å². The van der Waals surface area contributed by atoms with Gasteiger partial charge in [-0.2, -0.15) is 0 Å². The number of carbonyl (C=O) groups excluding carboxylic acids is 1. The molecule has 0 bridgehead atoms. The lowest BCUT2D eigenvalue weighted by Gasteiger charge is -2.24. The number of thiophene rings is 1. The van der Waals surface area contributed by atoms with E-state index in [0.29, 0.717) is 13.1 Å². The third kappa shape index (κ3) is 4.84. The quantitative estimate of drug-likeness (QED) is 0.879. The molecule has 1 N–H and O–H groups in total. The van der Waals surface area contributed by atoms with Crippen molar-refractivity contribution in [3.8, 4) is 0 Å². The maximum atomic E-state index is 12.0. The largest absolute Gasteiger partial charge is 0.350 e. The summed E-state index contributed by atoms with van der Waals surface area (Å²) in [6, 6.07) is 11.9. The predicted molar refractivity (Wildman–Crippen MR) is 88.7 cm³/mol. The van der Waals surface area contributed by atoms with Gasteiger partial charge in [-0.25, -0.2) is 0 Å². The zero-order valence-corrected chi connectivity index (χ0v) is 13.7. The number of amides is 1. The van der Waals surface area contributed by atoms with Crippen LogP contribution in [-0.2, 0) is 11.3 Å². The van der Waals surface area contributed by atoms with Crippen molar-refractivity contribution >= 4 is 28.8 Å². The Kier molecular flexibility index (Phi) is 5.79. The number of hydrogen-bond acceptors (Lipinski definition) is 3. The molecular weight excluding hydrogens is 304 g/mol. The number of rotatable bonds is 6. The van der Waals surface area contributed by atoms with E-state index in [1.54, 1.807) is 11.3 Å². The molecule has 5 heteroatoms. The van der Waals surface area contributed by atoms with Crippen LogP contribution in [0.25, 0.3) is 0 Å². The van der Waals surface area contributed by atoms with Gasteiger partial charge in [0.05, 0.1) is 13.1 Å². The van der Waals surface area contributed by atoms with E-state index >= 15 is 0 Å². The molecule has 1 atom stereocenters. The fraction of sp³-hybridized carbons (Fsp3) is 0.312. The second-order valence-corrected chi connectivity index (χ2v) is 6.47. The Morgan fingerprint density at radius 2 is 2.05 bits per heavy atom. The van der Waals surface area contributed by atoms with Crippen molar-refractivity contribution in [3.63, 3.8) is 0 Å². The third-order valence-electron chi connectivity index (χ3n) is 3.45. The highest BCUT2D eigenvalue weighted by molar-refractivity contribution is 7.09. The maximum Gasteiger partial charge on any atom is 0.234 e. The zero-order chi connectivity index (χ0) is 15.2. The van der Waals surface area contributed by atoms with Crippen LogP contribution in [0.4, 0.5) is 0 Å². The Morgan fingerprint density at radius 3 is 2.67 bits per heavy atom. The molecule has 1 aromatic carbocycles. The molecular formula is C16H19ClN2OS. The summed E-state index contributed by atoms with van der Waals surface area (Å²) in [6.07, 6.45) is 0. The van der Waals surface area contributed by atoms with Crippen molar-refractivity contribution in [2.45, 2.75) is 19.5 Å². The first-order valence-electron chi connectivity index (χ1n) is 6.81. The Hall–Kier alpha value is -1.36. The van der Waals surface area contributed by atoms with E-state index in [0.717, 1.165) is 15.5 Å². The lowest BCUT2D eigenvalue weighted by Crippen LogP contribution is -2.36. The Labute approximate surface area is 134 Å². The normalized spacial score (nSPS) is 12.4. The lowest BCUT2D eigenvalue weighted by atomic mass is 10.1. The average molecular weight is 323 g/mol. The van der Waals surface area contributed by atoms with Crippen LogP contribution in [0.1, 0.15) is 23.4 Å². The van der Waals surface area contributed by atoms with Gasteiger partial charge < -0.3 is 5.32 Å². The van der Waals surface area contributed by atoms with Crippen molar-refractivity contribution < 1.29 is 4.79 Å². The minimum Gasteiger partial charge on any atom is -0.350 e. The Bertz CT molecular complexity index is 568. The summed E-state index contributed by atoms with van der Waals surface area (Å²) >= 11 is 7.54. The highest BCUT2D eigenvalue weighted by Gasteiger charge is 2.14. The summed E-state index contributed by atoms with van der Waals surface area (Å²) in [4.78, 5) is 15.2. The molecule has 1 unspecified atom stereocenters. The number of halogens is 1. The molecule has 0 aliphatic heterocycles. The van der Waals surface area contributed by atoms with Crippen LogP contribution in [0.15, 0.2) is 41.8 Å². The minimum atomic E-state index is 0.0340. The van der Waals surface area contributed by atoms with Crippen molar-refractivity contribution in [1.29, 1.82) is 0 Å². The standard InChI is InChI=1S/C16H19ClN2OS/c1-12(13-5-7-14(17)8-6-13)19(2)11-16(20)18-10-15-4-3-9-21-15/h3-9,12H,10-11H2,1-2H3,(H,18,20). The molecule has 2 rings (SSSR count). The van der Waals surface area contributed by atoms with Crippen molar-refractivity contribution in [2.24, 2.45) is 0 Å². The molecule has 3 nitrogen and oxygen atoms in total. The van der Waals surface area contributed by atoms with Gasteiger partial charge in [-0.1, -0.05) is 29.8 Å². The third-order valence-corrected chi connectivity index (χ3v) is 4.57. The molecule has 2 aromatic rings. The highest BCUT2D eigenvalue weighted by atomic mass is 35.5. The minimum absolute atomic E-state index is 0.0340. The maximum absolute atomic E-state index is 12.0. The van der Waals surface area contributed by atoms with Gasteiger partial charge in [0.2, 0.25) is 5.91 Å². The summed E-state index contributed by atoms with van der Waals surface area (Å²) in [5, 5.41) is 5.67. The molecule has 21 heavy (non-hydrogen) atoms. The van der Waals surface area contributed by atoms with Gasteiger partial charge >= 0.3 is 0 Å². The molecule has 0 saturated carbocycles. The zero-order valence-electron chi connectivity index (χ0n) is 12.2. The van der Waals surface area contributed by atoms with Crippen LogP contribution < -0.4 is 5.32 Å². The van der Waals surface area contributed by atoms with E-state index in [-0.39, 0.29) is 11.9 Å². The van der Waals surface area contributed by atoms with Crippen LogP contribution in [-0.4, -0.2) is 24.4 Å². The highest BCUT2D eigenvalue weighted by Crippen LogP contribution is 2.20. The fourth-order valence-electron chi connectivity index (χ4n) is 2.01. The molecule has 0 spiro atoms. The van der Waals surface area contributed by atoms with Crippen LogP contribution in [0.5, 0.6) is 0 Å². The van der Waals surface area contributed by atoms with Gasteiger partial charge in [-0.15, -0.1) is 11.3 Å². The first-order chi connectivity index (χ1) is 10.1. The Morgan fingerprint density at radius 1 is 1.33 bits per heavy atom. The van der Waals surface area contributed by atoms with Gasteiger partial charge in [-0.05, 0) is 43.1 Å². The van der Waals surface area contributed by atoms with Crippen LogP contribution in [0.2, 0.25) is 5.02 Å². The van der Waals surface area contributed by atoms with E-state index in [4.69, 9.17) is 11.6 Å². The summed E-state index contributed by atoms with van der Waals surface area (Å²) in [6.45, 7) is 3.05. The topological polar surface area (TPSA) is 32.3 Å². The van der Waals surface area contributed by atoms with Crippen molar-refractivity contribution in [3.05, 3.63) is 57.2 Å². The molecule has 1 heterocycles. The number of nitrogens with one attached hydrogen (secondary N) is 1. The molecule has 0 aliphatic rings. The van der Waals surface area contributed by atoms with E-state index in [1.165, 1.54) is 0 Å². The summed E-state index contributed by atoms with van der Waals surface area (Å²) in [5.41, 5.74) is 1.15.